The Bertz CT molecular complexity index is 1230. The third-order valence-corrected chi connectivity index (χ3v) is 5.77. The Labute approximate surface area is 226 Å². The van der Waals surface area contributed by atoms with Gasteiger partial charge in [0, 0.05) is 56.1 Å². The molecule has 1 N–H and O–H groups in total. The molecular weight excluding hydrogens is 527 g/mol. The van der Waals surface area contributed by atoms with Gasteiger partial charge >= 0.3 is 6.09 Å². The van der Waals surface area contributed by atoms with Crippen molar-refractivity contribution >= 4 is 36.6 Å². The second-order valence-corrected chi connectivity index (χ2v) is 8.48. The Morgan fingerprint density at radius 1 is 1.00 bits per heavy atom. The maximum Gasteiger partial charge on any atom is 0.411 e. The van der Waals surface area contributed by atoms with E-state index in [1.165, 1.54) is 16.8 Å². The zero-order valence-electron chi connectivity index (χ0n) is 20.2. The number of halogens is 4. The molecule has 0 saturated carbocycles. The Morgan fingerprint density at radius 2 is 1.70 bits per heavy atom. The highest BCUT2D eigenvalue weighted by Crippen LogP contribution is 2.19. The van der Waals surface area contributed by atoms with E-state index in [2.05, 4.69) is 27.3 Å². The zero-order chi connectivity index (χ0) is 24.8. The van der Waals surface area contributed by atoms with E-state index >= 15 is 0 Å². The molecule has 0 spiro atoms. The highest BCUT2D eigenvalue weighted by molar-refractivity contribution is 5.86. The lowest BCUT2D eigenvalue weighted by Gasteiger charge is -2.31. The van der Waals surface area contributed by atoms with E-state index in [4.69, 9.17) is 4.74 Å². The van der Waals surface area contributed by atoms with Gasteiger partial charge in [0.2, 0.25) is 0 Å². The molecule has 37 heavy (non-hydrogen) atoms. The van der Waals surface area contributed by atoms with Crippen molar-refractivity contribution in [2.45, 2.75) is 6.54 Å². The van der Waals surface area contributed by atoms with Gasteiger partial charge in [0.15, 0.2) is 0 Å². The maximum absolute atomic E-state index is 13.6. The molecule has 1 aromatic heterocycles. The van der Waals surface area contributed by atoms with Gasteiger partial charge in [-0.05, 0) is 42.9 Å². The summed E-state index contributed by atoms with van der Waals surface area (Å²) in [5.74, 6) is -1.46. The van der Waals surface area contributed by atoms with Crippen LogP contribution in [-0.4, -0.2) is 72.1 Å². The summed E-state index contributed by atoms with van der Waals surface area (Å²) in [4.78, 5) is 29.0. The minimum atomic E-state index is -0.728. The van der Waals surface area contributed by atoms with Gasteiger partial charge in [-0.3, -0.25) is 15.0 Å². The van der Waals surface area contributed by atoms with Crippen LogP contribution in [0.3, 0.4) is 0 Å². The molecule has 1 saturated heterocycles. The second-order valence-electron chi connectivity index (χ2n) is 8.48. The van der Waals surface area contributed by atoms with Crippen molar-refractivity contribution in [3.63, 3.8) is 0 Å². The molecular formula is C25H29Cl2F2N5O3. The van der Waals surface area contributed by atoms with Crippen LogP contribution >= 0.6 is 24.8 Å². The van der Waals surface area contributed by atoms with Crippen molar-refractivity contribution in [2.75, 3.05) is 51.7 Å². The largest absolute Gasteiger partial charge is 0.448 e. The number of rotatable bonds is 7. The number of piperazine rings is 1. The monoisotopic (exact) mass is 555 g/mol. The third kappa shape index (κ3) is 8.78. The van der Waals surface area contributed by atoms with Crippen molar-refractivity contribution in [1.82, 2.24) is 19.6 Å². The first-order chi connectivity index (χ1) is 16.9. The molecule has 2 heterocycles. The molecule has 200 valence electrons. The number of carbonyl (C=O) groups excluding carboxylic acids is 1. The number of benzene rings is 2. The average molecular weight is 556 g/mol. The topological polar surface area (TPSA) is 79.7 Å². The quantitative estimate of drug-likeness (QED) is 0.476. The van der Waals surface area contributed by atoms with Crippen LogP contribution in [0.2, 0.25) is 0 Å². The number of nitrogens with one attached hydrogen (secondary N) is 1. The number of amides is 1. The lowest BCUT2D eigenvalue weighted by atomic mass is 10.1. The molecule has 4 rings (SSSR count). The number of carbonyl (C=O) groups is 1. The standard InChI is InChI=1S/C25H27F2N5O3.2ClH/c1-30-7-9-31(10-8-30)11-12-35-25(34)28-22-4-2-3-18(13-22)17-32-24(33)6-5-23(29-32)19-14-20(26)16-21(27)15-19;;/h2-6,13-16H,7-12,17H2,1H3,(H,28,34);2*1H. The van der Waals surface area contributed by atoms with E-state index in [1.807, 2.05) is 0 Å². The minimum absolute atomic E-state index is 0. The minimum Gasteiger partial charge on any atom is -0.448 e. The summed E-state index contributed by atoms with van der Waals surface area (Å²) in [6, 6.07) is 12.8. The molecule has 0 bridgehead atoms. The van der Waals surface area contributed by atoms with Gasteiger partial charge in [0.25, 0.3) is 5.56 Å². The maximum atomic E-state index is 13.6. The first kappa shape index (κ1) is 30.2. The lowest BCUT2D eigenvalue weighted by molar-refractivity contribution is 0.111. The summed E-state index contributed by atoms with van der Waals surface area (Å²) in [6.07, 6.45) is -0.554. The van der Waals surface area contributed by atoms with E-state index in [0.717, 1.165) is 44.4 Å². The molecule has 2 aromatic carbocycles. The van der Waals surface area contributed by atoms with Crippen LogP contribution < -0.4 is 10.9 Å². The number of hydrogen-bond acceptors (Lipinski definition) is 6. The molecule has 1 aliphatic rings. The van der Waals surface area contributed by atoms with Gasteiger partial charge in [-0.2, -0.15) is 5.10 Å². The Morgan fingerprint density at radius 3 is 2.41 bits per heavy atom. The fourth-order valence-corrected chi connectivity index (χ4v) is 3.83. The van der Waals surface area contributed by atoms with E-state index in [-0.39, 0.29) is 48.2 Å². The fraction of sp³-hybridized carbons (Fsp3) is 0.320. The highest BCUT2D eigenvalue weighted by atomic mass is 35.5. The van der Waals surface area contributed by atoms with Gasteiger partial charge in [-0.25, -0.2) is 18.3 Å². The first-order valence-corrected chi connectivity index (χ1v) is 11.3. The number of aromatic nitrogens is 2. The van der Waals surface area contributed by atoms with Gasteiger partial charge < -0.3 is 9.64 Å². The van der Waals surface area contributed by atoms with Crippen molar-refractivity contribution in [1.29, 1.82) is 0 Å². The van der Waals surface area contributed by atoms with Crippen molar-refractivity contribution < 1.29 is 18.3 Å². The number of hydrogen-bond donors (Lipinski definition) is 1. The van der Waals surface area contributed by atoms with E-state index in [0.29, 0.717) is 24.4 Å². The molecule has 1 aliphatic heterocycles. The Kier molecular flexibility index (Phi) is 11.4. The van der Waals surface area contributed by atoms with Gasteiger partial charge in [0.05, 0.1) is 12.2 Å². The third-order valence-electron chi connectivity index (χ3n) is 5.77. The van der Waals surface area contributed by atoms with Crippen molar-refractivity contribution in [3.05, 3.63) is 82.1 Å². The summed E-state index contributed by atoms with van der Waals surface area (Å²) in [5.41, 5.74) is 1.35. The predicted octanol–water partition coefficient (Wildman–Crippen LogP) is 3.88. The molecule has 0 aliphatic carbocycles. The zero-order valence-corrected chi connectivity index (χ0v) is 21.9. The predicted molar refractivity (Wildman–Crippen MR) is 143 cm³/mol. The van der Waals surface area contributed by atoms with Crippen LogP contribution in [0.4, 0.5) is 19.3 Å². The lowest BCUT2D eigenvalue weighted by Crippen LogP contribution is -2.45. The molecule has 3 aromatic rings. The van der Waals surface area contributed by atoms with Crippen LogP contribution in [-0.2, 0) is 11.3 Å². The van der Waals surface area contributed by atoms with Crippen molar-refractivity contribution in [2.24, 2.45) is 0 Å². The normalized spacial score (nSPS) is 13.8. The average Bonchev–Trinajstić information content (AvgIpc) is 2.81. The van der Waals surface area contributed by atoms with Crippen LogP contribution in [0.1, 0.15) is 5.56 Å². The van der Waals surface area contributed by atoms with Gasteiger partial charge in [0.1, 0.15) is 18.2 Å². The number of anilines is 1. The number of nitrogens with zero attached hydrogens (tertiary/aromatic N) is 4. The number of ether oxygens (including phenoxy) is 1. The molecule has 0 unspecified atom stereocenters. The number of likely N-dealkylation sites (N-methyl/N-ethyl adjacent to an activating group) is 1. The Hall–Kier alpha value is -3.05. The summed E-state index contributed by atoms with van der Waals surface area (Å²) in [5, 5.41) is 6.95. The summed E-state index contributed by atoms with van der Waals surface area (Å²) in [7, 11) is 2.09. The van der Waals surface area contributed by atoms with Gasteiger partial charge in [-0.15, -0.1) is 24.8 Å². The summed E-state index contributed by atoms with van der Waals surface area (Å²) in [6.45, 7) is 4.98. The molecule has 0 atom stereocenters. The van der Waals surface area contributed by atoms with Crippen LogP contribution in [0.15, 0.2) is 59.4 Å². The fourth-order valence-electron chi connectivity index (χ4n) is 3.83. The first-order valence-electron chi connectivity index (χ1n) is 11.3. The summed E-state index contributed by atoms with van der Waals surface area (Å²) < 4.78 is 33.7. The SMILES string of the molecule is CN1CCN(CCOC(=O)Nc2cccc(Cn3nc(-c4cc(F)cc(F)c4)ccc3=O)c2)CC1.Cl.Cl. The molecule has 8 nitrogen and oxygen atoms in total. The van der Waals surface area contributed by atoms with E-state index in [1.54, 1.807) is 24.3 Å². The van der Waals surface area contributed by atoms with Crippen LogP contribution in [0.25, 0.3) is 11.3 Å². The van der Waals surface area contributed by atoms with E-state index < -0.39 is 17.7 Å². The van der Waals surface area contributed by atoms with Crippen LogP contribution in [0, 0.1) is 11.6 Å². The summed E-state index contributed by atoms with van der Waals surface area (Å²) >= 11 is 0. The van der Waals surface area contributed by atoms with E-state index in [9.17, 15) is 18.4 Å². The highest BCUT2D eigenvalue weighted by Gasteiger charge is 2.14. The molecule has 1 fully saturated rings. The smallest absolute Gasteiger partial charge is 0.411 e. The second kappa shape index (κ2) is 14.0. The Balaban J connectivity index is 0.00000241. The van der Waals surface area contributed by atoms with Crippen LogP contribution in [0.5, 0.6) is 0 Å². The van der Waals surface area contributed by atoms with Gasteiger partial charge in [-0.1, -0.05) is 12.1 Å². The van der Waals surface area contributed by atoms with Crippen molar-refractivity contribution in [3.8, 4) is 11.3 Å². The molecule has 1 amide bonds. The molecule has 0 radical (unpaired) electrons. The molecule has 12 heteroatoms.